The number of hydrogen-bond acceptors (Lipinski definition) is 8. The van der Waals surface area contributed by atoms with E-state index in [4.69, 9.17) is 0 Å². The fraction of sp³-hybridized carbons (Fsp3) is 0. The summed E-state index contributed by atoms with van der Waals surface area (Å²) in [6.07, 6.45) is 3.49. The molecular formula is C5H5B3N6O5. The van der Waals surface area contributed by atoms with Gasteiger partial charge in [0.05, 0.1) is 0 Å². The Balaban J connectivity index is 4.62. The van der Waals surface area contributed by atoms with Crippen molar-refractivity contribution < 1.29 is 24.0 Å². The lowest BCUT2D eigenvalue weighted by Gasteiger charge is -2.17. The van der Waals surface area contributed by atoms with Gasteiger partial charge in [-0.2, -0.15) is 0 Å². The van der Waals surface area contributed by atoms with Gasteiger partial charge in [0.1, 0.15) is 0 Å². The maximum Gasteiger partial charge on any atom is 0.403 e. The number of nitrogens with zero attached hydrogens (tertiary/aromatic N) is 4. The normalized spacial score (nSPS) is 7.37. The lowest BCUT2D eigenvalue weighted by Crippen LogP contribution is -2.51. The molecule has 0 heterocycles. The Morgan fingerprint density at radius 3 is 1.63 bits per heavy atom. The predicted molar refractivity (Wildman–Crippen MR) is 64.7 cm³/mol. The van der Waals surface area contributed by atoms with Gasteiger partial charge in [-0.05, 0) is 0 Å². The number of nitrogens with one attached hydrogen (secondary N) is 2. The van der Waals surface area contributed by atoms with Crippen LogP contribution in [0.2, 0.25) is 0 Å². The van der Waals surface area contributed by atoms with Crippen molar-refractivity contribution in [2.45, 2.75) is 0 Å². The number of carbonyl (C=O) groups excluding carboxylic acids is 5. The van der Waals surface area contributed by atoms with Gasteiger partial charge in [-0.15, -0.1) is 0 Å². The fourth-order valence-electron chi connectivity index (χ4n) is 0.790. The first kappa shape index (κ1) is 16.1. The van der Waals surface area contributed by atoms with Crippen molar-refractivity contribution in [1.29, 1.82) is 0 Å². The summed E-state index contributed by atoms with van der Waals surface area (Å²) >= 11 is 0. The van der Waals surface area contributed by atoms with Crippen LogP contribution in [-0.2, 0) is 14.4 Å². The summed E-state index contributed by atoms with van der Waals surface area (Å²) in [6.45, 7) is 0. The van der Waals surface area contributed by atoms with Crippen LogP contribution in [0.3, 0.4) is 0 Å². The van der Waals surface area contributed by atoms with E-state index < -0.39 is 34.7 Å². The maximum atomic E-state index is 11.5. The van der Waals surface area contributed by atoms with E-state index in [2.05, 4.69) is 25.2 Å². The van der Waals surface area contributed by atoms with E-state index in [9.17, 15) is 24.0 Å². The summed E-state index contributed by atoms with van der Waals surface area (Å²) in [6, 6.07) is -1.93. The van der Waals surface area contributed by atoms with Gasteiger partial charge in [0.25, 0.3) is 0 Å². The highest BCUT2D eigenvalue weighted by Crippen LogP contribution is 1.89. The van der Waals surface area contributed by atoms with E-state index in [1.165, 1.54) is 12.2 Å². The van der Waals surface area contributed by atoms with Crippen LogP contribution in [0.5, 0.6) is 0 Å². The second-order valence-electron chi connectivity index (χ2n) is 2.60. The molecule has 0 aromatic carbocycles. The van der Waals surface area contributed by atoms with E-state index in [1.807, 2.05) is 0 Å². The molecule has 94 valence electrons. The van der Waals surface area contributed by atoms with Gasteiger partial charge in [0.2, 0.25) is 18.2 Å². The minimum Gasteiger partial charge on any atom is -0.363 e. The maximum absolute atomic E-state index is 11.5. The number of hydrogen-bond donors (Lipinski definition) is 2. The van der Waals surface area contributed by atoms with Crippen molar-refractivity contribution in [3.8, 4) is 0 Å². The van der Waals surface area contributed by atoms with Crippen LogP contribution < -0.4 is 10.5 Å². The molecule has 4 amide bonds. The molecule has 0 aliphatic carbocycles. The van der Waals surface area contributed by atoms with Gasteiger partial charge in [0, 0.05) is 0 Å². The summed E-state index contributed by atoms with van der Waals surface area (Å²) in [5.74, 6) is 0. The number of isocyanates is 3. The van der Waals surface area contributed by atoms with E-state index in [0.717, 1.165) is 6.08 Å². The Kier molecular flexibility index (Phi) is 8.67. The molecule has 0 spiro atoms. The van der Waals surface area contributed by atoms with Gasteiger partial charge in [0.15, 0.2) is 0 Å². The quantitative estimate of drug-likeness (QED) is 0.289. The fourth-order valence-corrected chi connectivity index (χ4v) is 0.790. The highest BCUT2D eigenvalue weighted by Gasteiger charge is 2.21. The lowest BCUT2D eigenvalue weighted by molar-refractivity contribution is 0.214. The van der Waals surface area contributed by atoms with Crippen molar-refractivity contribution in [2.24, 2.45) is 14.7 Å². The second kappa shape index (κ2) is 10.2. The standard InChI is InChI=1S/C5H5B3N6O5/c15-1-9-6-12-4(18)14(8-11-3-17)5(19)13-7-10-2-16/h6-8H,(H,12,18)(H,13,19). The third-order valence-electron chi connectivity index (χ3n) is 1.51. The zero-order valence-electron chi connectivity index (χ0n) is 9.45. The molecule has 0 radical (unpaired) electrons. The van der Waals surface area contributed by atoms with Crippen molar-refractivity contribution in [1.82, 2.24) is 15.3 Å². The average Bonchev–Trinajstić information content (AvgIpc) is 2.40. The molecule has 0 aromatic heterocycles. The monoisotopic (exact) mass is 262 g/mol. The molecule has 0 unspecified atom stereocenters. The van der Waals surface area contributed by atoms with Gasteiger partial charge in [-0.25, -0.2) is 29.1 Å². The average molecular weight is 262 g/mol. The van der Waals surface area contributed by atoms with Gasteiger partial charge in [-0.1, -0.05) is 0 Å². The molecule has 0 bridgehead atoms. The summed E-state index contributed by atoms with van der Waals surface area (Å²) in [4.78, 5) is 62.0. The number of amides is 4. The van der Waals surface area contributed by atoms with Crippen LogP contribution in [0.25, 0.3) is 0 Å². The van der Waals surface area contributed by atoms with E-state index in [1.54, 1.807) is 0 Å². The zero-order valence-corrected chi connectivity index (χ0v) is 9.45. The summed E-state index contributed by atoms with van der Waals surface area (Å²) in [5, 5.41) is 4.13. The Labute approximate surface area is 108 Å². The van der Waals surface area contributed by atoms with Crippen LogP contribution in [0.1, 0.15) is 0 Å². The molecule has 0 fully saturated rings. The highest BCUT2D eigenvalue weighted by molar-refractivity contribution is 6.47. The Bertz CT molecular complexity index is 446. The number of carbonyl (C=O) groups is 2. The van der Waals surface area contributed by atoms with E-state index in [-0.39, 0.29) is 0 Å². The van der Waals surface area contributed by atoms with Gasteiger partial charge in [-0.3, -0.25) is 14.4 Å². The third kappa shape index (κ3) is 7.08. The molecule has 2 N–H and O–H groups in total. The number of imide groups is 1. The van der Waals surface area contributed by atoms with Gasteiger partial charge < -0.3 is 10.5 Å². The Hall–Kier alpha value is -2.93. The minimum atomic E-state index is -0.967. The minimum absolute atomic E-state index is 0.399. The largest absolute Gasteiger partial charge is 0.403 e. The molecule has 0 saturated heterocycles. The second-order valence-corrected chi connectivity index (χ2v) is 2.60. The van der Waals surface area contributed by atoms with Gasteiger partial charge >= 0.3 is 34.7 Å². The summed E-state index contributed by atoms with van der Waals surface area (Å²) in [5.41, 5.74) is 0. The Morgan fingerprint density at radius 2 is 1.26 bits per heavy atom. The first-order valence-electron chi connectivity index (χ1n) is 4.61. The van der Waals surface area contributed by atoms with Crippen LogP contribution in [0.4, 0.5) is 9.59 Å². The van der Waals surface area contributed by atoms with Crippen molar-refractivity contribution in [3.63, 3.8) is 0 Å². The summed E-state index contributed by atoms with van der Waals surface area (Å²) < 4.78 is 0. The molecule has 0 aromatic rings. The van der Waals surface area contributed by atoms with Crippen molar-refractivity contribution >= 4 is 53.0 Å². The molecule has 19 heavy (non-hydrogen) atoms. The molecular weight excluding hydrogens is 257 g/mol. The molecule has 0 aliphatic heterocycles. The zero-order chi connectivity index (χ0) is 14.5. The topological polar surface area (TPSA) is 150 Å². The van der Waals surface area contributed by atoms with Crippen LogP contribution in [0, 0.1) is 0 Å². The molecule has 0 saturated carbocycles. The van der Waals surface area contributed by atoms with Crippen LogP contribution in [-0.4, -0.2) is 57.8 Å². The highest BCUT2D eigenvalue weighted by atomic mass is 16.2. The van der Waals surface area contributed by atoms with Crippen LogP contribution in [0.15, 0.2) is 14.7 Å². The van der Waals surface area contributed by atoms with Crippen molar-refractivity contribution in [3.05, 3.63) is 0 Å². The smallest absolute Gasteiger partial charge is 0.363 e. The predicted octanol–water partition coefficient (Wildman–Crippen LogP) is -3.49. The first-order valence-corrected chi connectivity index (χ1v) is 4.61. The number of urea groups is 2. The summed E-state index contributed by atoms with van der Waals surface area (Å²) in [7, 11) is -1.40. The Morgan fingerprint density at radius 1 is 0.842 bits per heavy atom. The molecule has 0 rings (SSSR count). The molecule has 0 atom stereocenters. The van der Waals surface area contributed by atoms with Crippen LogP contribution >= 0.6 is 0 Å². The molecule has 11 nitrogen and oxygen atoms in total. The van der Waals surface area contributed by atoms with Crippen molar-refractivity contribution in [2.75, 3.05) is 0 Å². The molecule has 14 heteroatoms. The van der Waals surface area contributed by atoms with E-state index in [0.29, 0.717) is 4.81 Å². The van der Waals surface area contributed by atoms with E-state index >= 15 is 0 Å². The molecule has 0 aliphatic rings. The number of rotatable bonds is 6. The third-order valence-corrected chi connectivity index (χ3v) is 1.51. The first-order chi connectivity index (χ1) is 9.17. The SMILES string of the molecule is O=C=NBNC(=O)N(BN=C=O)C(=O)NBN=C=O. The lowest BCUT2D eigenvalue weighted by atomic mass is 10.1.